The third-order valence-corrected chi connectivity index (χ3v) is 5.91. The molecule has 0 radical (unpaired) electrons. The zero-order chi connectivity index (χ0) is 14.7. The molecule has 2 heterocycles. The van der Waals surface area contributed by atoms with Crippen LogP contribution in [0.3, 0.4) is 0 Å². The molecule has 0 aliphatic rings. The molecule has 0 saturated carbocycles. The molecule has 4 nitrogen and oxygen atoms in total. The normalized spacial score (nSPS) is 11.4. The van der Waals surface area contributed by atoms with E-state index in [2.05, 4.69) is 23.8 Å². The van der Waals surface area contributed by atoms with E-state index in [1.807, 2.05) is 6.92 Å². The average molecular weight is 310 g/mol. The molecule has 6 heteroatoms. The molecule has 20 heavy (non-hydrogen) atoms. The zero-order valence-corrected chi connectivity index (χ0v) is 13.5. The number of hydrogen-bond acceptors (Lipinski definition) is 5. The van der Waals surface area contributed by atoms with Crippen LogP contribution in [-0.2, 0) is 0 Å². The van der Waals surface area contributed by atoms with Gasteiger partial charge in [-0.15, -0.1) is 23.1 Å². The van der Waals surface area contributed by atoms with Crippen molar-refractivity contribution in [3.8, 4) is 0 Å². The molecule has 0 unspecified atom stereocenters. The molecule has 2 aromatic rings. The van der Waals surface area contributed by atoms with Gasteiger partial charge in [-0.25, -0.2) is 14.8 Å². The summed E-state index contributed by atoms with van der Waals surface area (Å²) < 4.78 is 0. The van der Waals surface area contributed by atoms with Gasteiger partial charge in [-0.05, 0) is 18.4 Å². The summed E-state index contributed by atoms with van der Waals surface area (Å²) in [7, 11) is 0. The van der Waals surface area contributed by atoms with Gasteiger partial charge in [0.15, 0.2) is 0 Å². The number of carboxylic acid groups (broad SMARTS) is 1. The van der Waals surface area contributed by atoms with Crippen LogP contribution in [0.25, 0.3) is 10.2 Å². The first kappa shape index (κ1) is 15.3. The summed E-state index contributed by atoms with van der Waals surface area (Å²) in [6.45, 7) is 6.23. The standard InChI is InChI=1S/C14H18N2O2S2/c1-4-9(5-2)6-19-12-10-8(3)11(14(17)18)20-13(10)16-7-15-12/h7,9H,4-6H2,1-3H3,(H,17,18). The van der Waals surface area contributed by atoms with Gasteiger partial charge < -0.3 is 5.11 Å². The van der Waals surface area contributed by atoms with Crippen molar-refractivity contribution in [3.63, 3.8) is 0 Å². The van der Waals surface area contributed by atoms with Crippen LogP contribution in [0.15, 0.2) is 11.4 Å². The van der Waals surface area contributed by atoms with Gasteiger partial charge in [0.1, 0.15) is 21.1 Å². The van der Waals surface area contributed by atoms with E-state index in [1.54, 1.807) is 11.8 Å². The lowest BCUT2D eigenvalue weighted by molar-refractivity contribution is 0.0701. The van der Waals surface area contributed by atoms with E-state index in [0.29, 0.717) is 10.8 Å². The molecule has 1 N–H and O–H groups in total. The first-order chi connectivity index (χ1) is 9.58. The van der Waals surface area contributed by atoms with E-state index in [1.165, 1.54) is 17.7 Å². The second-order valence-corrected chi connectivity index (χ2v) is 6.72. The van der Waals surface area contributed by atoms with E-state index < -0.39 is 5.97 Å². The van der Waals surface area contributed by atoms with Gasteiger partial charge in [-0.3, -0.25) is 0 Å². The minimum Gasteiger partial charge on any atom is -0.477 e. The van der Waals surface area contributed by atoms with Gasteiger partial charge in [0.25, 0.3) is 0 Å². The molecule has 0 bridgehead atoms. The summed E-state index contributed by atoms with van der Waals surface area (Å²) in [5.74, 6) is 0.793. The molecule has 0 atom stereocenters. The molecule has 108 valence electrons. The maximum absolute atomic E-state index is 11.2. The van der Waals surface area contributed by atoms with Gasteiger partial charge in [-0.2, -0.15) is 0 Å². The Morgan fingerprint density at radius 2 is 2.10 bits per heavy atom. The Bertz CT molecular complexity index is 621. The highest BCUT2D eigenvalue weighted by atomic mass is 32.2. The summed E-state index contributed by atoms with van der Waals surface area (Å²) >= 11 is 2.94. The predicted molar refractivity (Wildman–Crippen MR) is 83.9 cm³/mol. The number of fused-ring (bicyclic) bond motifs is 1. The van der Waals surface area contributed by atoms with Crippen molar-refractivity contribution in [1.29, 1.82) is 0 Å². The molecule has 0 aliphatic carbocycles. The van der Waals surface area contributed by atoms with Crippen molar-refractivity contribution in [2.45, 2.75) is 38.6 Å². The van der Waals surface area contributed by atoms with Crippen LogP contribution < -0.4 is 0 Å². The topological polar surface area (TPSA) is 63.1 Å². The van der Waals surface area contributed by atoms with E-state index in [9.17, 15) is 9.90 Å². The van der Waals surface area contributed by atoms with Crippen molar-refractivity contribution in [3.05, 3.63) is 16.8 Å². The van der Waals surface area contributed by atoms with Crippen molar-refractivity contribution in [2.24, 2.45) is 5.92 Å². The predicted octanol–water partition coefficient (Wildman–Crippen LogP) is 4.23. The monoisotopic (exact) mass is 310 g/mol. The van der Waals surface area contributed by atoms with Crippen molar-refractivity contribution in [2.75, 3.05) is 5.75 Å². The lowest BCUT2D eigenvalue weighted by Crippen LogP contribution is -2.00. The number of thioether (sulfide) groups is 1. The quantitative estimate of drug-likeness (QED) is 0.639. The highest BCUT2D eigenvalue weighted by molar-refractivity contribution is 7.99. The fraction of sp³-hybridized carbons (Fsp3) is 0.500. The first-order valence-electron chi connectivity index (χ1n) is 6.68. The number of aryl methyl sites for hydroxylation is 1. The van der Waals surface area contributed by atoms with Crippen LogP contribution in [-0.4, -0.2) is 26.8 Å². The molecule has 0 amide bonds. The summed E-state index contributed by atoms with van der Waals surface area (Å²) in [6, 6.07) is 0. The molecule has 0 aromatic carbocycles. The average Bonchev–Trinajstić information content (AvgIpc) is 2.78. The first-order valence-corrected chi connectivity index (χ1v) is 8.48. The Hall–Kier alpha value is -1.14. The number of aromatic nitrogens is 2. The molecule has 2 aromatic heterocycles. The Labute approximate surface area is 126 Å². The number of hydrogen-bond donors (Lipinski definition) is 1. The van der Waals surface area contributed by atoms with Crippen LogP contribution in [0.2, 0.25) is 0 Å². The van der Waals surface area contributed by atoms with Gasteiger partial charge >= 0.3 is 5.97 Å². The Morgan fingerprint density at radius 1 is 1.40 bits per heavy atom. The molecular weight excluding hydrogens is 292 g/mol. The maximum atomic E-state index is 11.2. The van der Waals surface area contributed by atoms with E-state index >= 15 is 0 Å². The van der Waals surface area contributed by atoms with Crippen LogP contribution in [0.5, 0.6) is 0 Å². The minimum absolute atomic E-state index is 0.366. The van der Waals surface area contributed by atoms with Crippen molar-refractivity contribution >= 4 is 39.3 Å². The van der Waals surface area contributed by atoms with E-state index in [0.717, 1.165) is 39.4 Å². The number of nitrogens with zero attached hydrogens (tertiary/aromatic N) is 2. The van der Waals surface area contributed by atoms with Crippen molar-refractivity contribution < 1.29 is 9.90 Å². The second-order valence-electron chi connectivity index (χ2n) is 4.71. The maximum Gasteiger partial charge on any atom is 0.346 e. The van der Waals surface area contributed by atoms with Gasteiger partial charge in [0, 0.05) is 11.1 Å². The molecular formula is C14H18N2O2S2. The number of aromatic carboxylic acids is 1. The Kier molecular flexibility index (Phi) is 4.99. The summed E-state index contributed by atoms with van der Waals surface area (Å²) in [5.41, 5.74) is 0.783. The molecule has 0 aliphatic heterocycles. The fourth-order valence-corrected chi connectivity index (χ4v) is 4.51. The minimum atomic E-state index is -0.888. The smallest absolute Gasteiger partial charge is 0.346 e. The highest BCUT2D eigenvalue weighted by Gasteiger charge is 2.19. The zero-order valence-electron chi connectivity index (χ0n) is 11.8. The Balaban J connectivity index is 2.36. The lowest BCUT2D eigenvalue weighted by atomic mass is 10.1. The van der Waals surface area contributed by atoms with E-state index in [-0.39, 0.29) is 0 Å². The van der Waals surface area contributed by atoms with Gasteiger partial charge in [0.05, 0.1) is 0 Å². The Morgan fingerprint density at radius 3 is 2.70 bits per heavy atom. The van der Waals surface area contributed by atoms with Gasteiger partial charge in [0.2, 0.25) is 0 Å². The van der Waals surface area contributed by atoms with Crippen LogP contribution in [0.4, 0.5) is 0 Å². The van der Waals surface area contributed by atoms with Crippen molar-refractivity contribution in [1.82, 2.24) is 9.97 Å². The largest absolute Gasteiger partial charge is 0.477 e. The number of carboxylic acids is 1. The summed E-state index contributed by atoms with van der Waals surface area (Å²) in [5, 5.41) is 11.0. The highest BCUT2D eigenvalue weighted by Crippen LogP contribution is 2.35. The number of thiophene rings is 1. The molecule has 0 fully saturated rings. The van der Waals surface area contributed by atoms with Crippen LogP contribution in [0, 0.1) is 12.8 Å². The summed E-state index contributed by atoms with van der Waals surface area (Å²) in [4.78, 5) is 20.9. The number of rotatable bonds is 6. The second kappa shape index (κ2) is 6.54. The van der Waals surface area contributed by atoms with Crippen LogP contribution in [0.1, 0.15) is 41.9 Å². The fourth-order valence-electron chi connectivity index (χ4n) is 2.07. The van der Waals surface area contributed by atoms with Crippen LogP contribution >= 0.6 is 23.1 Å². The third-order valence-electron chi connectivity index (χ3n) is 3.50. The van der Waals surface area contributed by atoms with Gasteiger partial charge in [-0.1, -0.05) is 26.7 Å². The molecule has 2 rings (SSSR count). The lowest BCUT2D eigenvalue weighted by Gasteiger charge is -2.11. The SMILES string of the molecule is CCC(CC)CSc1ncnc2sc(C(=O)O)c(C)c12. The molecule has 0 saturated heterocycles. The third kappa shape index (κ3) is 2.96. The number of carbonyl (C=O) groups is 1. The van der Waals surface area contributed by atoms with E-state index in [4.69, 9.17) is 0 Å². The molecule has 0 spiro atoms. The summed E-state index contributed by atoms with van der Waals surface area (Å²) in [6.07, 6.45) is 3.83.